The maximum atomic E-state index is 11.4. The number of amides is 1. The van der Waals surface area contributed by atoms with Crippen LogP contribution in [-0.2, 0) is 24.3 Å². The number of aryl methyl sites for hydroxylation is 1. The Morgan fingerprint density at radius 1 is 1.48 bits per heavy atom. The summed E-state index contributed by atoms with van der Waals surface area (Å²) < 4.78 is 1.99. The van der Waals surface area contributed by atoms with Gasteiger partial charge in [-0.2, -0.15) is 5.10 Å². The first-order chi connectivity index (χ1) is 10.2. The van der Waals surface area contributed by atoms with Crippen LogP contribution in [0.2, 0.25) is 5.02 Å². The fourth-order valence-electron chi connectivity index (χ4n) is 2.49. The van der Waals surface area contributed by atoms with Crippen LogP contribution in [0.1, 0.15) is 24.6 Å². The van der Waals surface area contributed by atoms with Gasteiger partial charge >= 0.3 is 0 Å². The number of carbonyl (C=O) groups is 1. The molecule has 0 unspecified atom stereocenters. The molecule has 1 aliphatic rings. The van der Waals surface area contributed by atoms with Gasteiger partial charge in [0.15, 0.2) is 0 Å². The number of halogens is 1. The summed E-state index contributed by atoms with van der Waals surface area (Å²) in [5.74, 6) is 0.0132. The molecule has 0 spiro atoms. The highest BCUT2D eigenvalue weighted by atomic mass is 35.5. The van der Waals surface area contributed by atoms with E-state index < -0.39 is 0 Å². The van der Waals surface area contributed by atoms with E-state index in [1.54, 1.807) is 12.3 Å². The minimum atomic E-state index is 0.0132. The number of rotatable bonds is 5. The number of nitrogens with zero attached hydrogens (tertiary/aromatic N) is 2. The fraction of sp³-hybridized carbons (Fsp3) is 0.333. The minimum Gasteiger partial charge on any atom is -0.378 e. The molecule has 0 fully saturated rings. The Balaban J connectivity index is 1.75. The van der Waals surface area contributed by atoms with Crippen molar-refractivity contribution >= 4 is 28.9 Å². The molecule has 3 rings (SSSR count). The van der Waals surface area contributed by atoms with Gasteiger partial charge in [0, 0.05) is 18.4 Å². The van der Waals surface area contributed by atoms with Crippen LogP contribution in [0.3, 0.4) is 0 Å². The summed E-state index contributed by atoms with van der Waals surface area (Å²) in [6, 6.07) is 5.73. The van der Waals surface area contributed by atoms with Gasteiger partial charge in [0.05, 0.1) is 29.4 Å². The van der Waals surface area contributed by atoms with Crippen LogP contribution in [0.25, 0.3) is 0 Å². The van der Waals surface area contributed by atoms with Crippen molar-refractivity contribution in [1.82, 2.24) is 9.78 Å². The topological polar surface area (TPSA) is 59.0 Å². The van der Waals surface area contributed by atoms with Gasteiger partial charge < -0.3 is 10.6 Å². The zero-order valence-corrected chi connectivity index (χ0v) is 12.6. The number of carbonyl (C=O) groups excluding carboxylic acids is 1. The van der Waals surface area contributed by atoms with Gasteiger partial charge in [-0.15, -0.1) is 0 Å². The lowest BCUT2D eigenvalue weighted by Crippen LogP contribution is -2.09. The predicted octanol–water partition coefficient (Wildman–Crippen LogP) is 3.05. The normalized spacial score (nSPS) is 13.1. The zero-order valence-electron chi connectivity index (χ0n) is 11.8. The van der Waals surface area contributed by atoms with E-state index in [2.05, 4.69) is 22.7 Å². The van der Waals surface area contributed by atoms with Crippen molar-refractivity contribution in [1.29, 1.82) is 0 Å². The molecule has 6 heteroatoms. The van der Waals surface area contributed by atoms with Gasteiger partial charge in [0.2, 0.25) is 5.91 Å². The lowest BCUT2D eigenvalue weighted by molar-refractivity contribution is -0.115. The molecule has 0 atom stereocenters. The molecule has 1 aromatic heterocycles. The smallest absolute Gasteiger partial charge is 0.228 e. The number of fused-ring (bicyclic) bond motifs is 1. The van der Waals surface area contributed by atoms with Crippen LogP contribution in [0.5, 0.6) is 0 Å². The van der Waals surface area contributed by atoms with Gasteiger partial charge in [-0.3, -0.25) is 9.48 Å². The fourth-order valence-corrected chi connectivity index (χ4v) is 2.72. The number of hydrogen-bond acceptors (Lipinski definition) is 3. The molecule has 0 saturated heterocycles. The van der Waals surface area contributed by atoms with Crippen molar-refractivity contribution in [2.24, 2.45) is 0 Å². The molecule has 0 aliphatic carbocycles. The van der Waals surface area contributed by atoms with Crippen LogP contribution in [0.15, 0.2) is 24.4 Å². The molecule has 110 valence electrons. The maximum absolute atomic E-state index is 11.4. The van der Waals surface area contributed by atoms with Gasteiger partial charge in [-0.25, -0.2) is 0 Å². The second kappa shape index (κ2) is 5.77. The van der Waals surface area contributed by atoms with Gasteiger partial charge in [-0.05, 0) is 30.2 Å². The van der Waals surface area contributed by atoms with E-state index in [1.807, 2.05) is 16.8 Å². The second-order valence-electron chi connectivity index (χ2n) is 5.11. The molecule has 1 amide bonds. The van der Waals surface area contributed by atoms with Crippen molar-refractivity contribution in [2.75, 3.05) is 10.6 Å². The number of benzene rings is 1. The Morgan fingerprint density at radius 2 is 2.33 bits per heavy atom. The van der Waals surface area contributed by atoms with Gasteiger partial charge in [0.25, 0.3) is 0 Å². The number of nitrogens with one attached hydrogen (secondary N) is 2. The number of anilines is 2. The summed E-state index contributed by atoms with van der Waals surface area (Å²) in [6.45, 7) is 3.68. The molecule has 2 heterocycles. The molecule has 1 aromatic carbocycles. The lowest BCUT2D eigenvalue weighted by Gasteiger charge is -2.11. The second-order valence-corrected chi connectivity index (χ2v) is 5.52. The van der Waals surface area contributed by atoms with Crippen LogP contribution in [0.4, 0.5) is 11.4 Å². The van der Waals surface area contributed by atoms with Crippen molar-refractivity contribution < 1.29 is 4.79 Å². The Bertz CT molecular complexity index is 680. The Labute approximate surface area is 128 Å². The first-order valence-corrected chi connectivity index (χ1v) is 7.42. The largest absolute Gasteiger partial charge is 0.378 e. The summed E-state index contributed by atoms with van der Waals surface area (Å²) in [5.41, 5.74) is 3.75. The number of hydrogen-bond donors (Lipinski definition) is 2. The number of aromatic nitrogens is 2. The van der Waals surface area contributed by atoms with E-state index in [-0.39, 0.29) is 5.91 Å². The van der Waals surface area contributed by atoms with Crippen LogP contribution < -0.4 is 10.6 Å². The molecule has 5 nitrogen and oxygen atoms in total. The first kappa shape index (κ1) is 13.9. The highest BCUT2D eigenvalue weighted by molar-refractivity contribution is 6.33. The third kappa shape index (κ3) is 2.88. The van der Waals surface area contributed by atoms with E-state index in [4.69, 9.17) is 11.6 Å². The summed E-state index contributed by atoms with van der Waals surface area (Å²) in [7, 11) is 0. The summed E-state index contributed by atoms with van der Waals surface area (Å²) in [4.78, 5) is 11.4. The SMILES string of the molecule is CCCn1nccc1CNc1cc2c(cc1Cl)NC(=O)C2. The van der Waals surface area contributed by atoms with Crippen molar-refractivity contribution in [2.45, 2.75) is 32.9 Å². The Kier molecular flexibility index (Phi) is 3.84. The summed E-state index contributed by atoms with van der Waals surface area (Å²) in [6.07, 6.45) is 3.26. The highest BCUT2D eigenvalue weighted by Crippen LogP contribution is 2.33. The average molecular weight is 305 g/mol. The molecule has 1 aliphatic heterocycles. The van der Waals surface area contributed by atoms with Gasteiger partial charge in [-0.1, -0.05) is 18.5 Å². The molecule has 21 heavy (non-hydrogen) atoms. The average Bonchev–Trinajstić information content (AvgIpc) is 3.02. The zero-order chi connectivity index (χ0) is 14.8. The molecule has 2 N–H and O–H groups in total. The quantitative estimate of drug-likeness (QED) is 0.892. The molecule has 0 saturated carbocycles. The van der Waals surface area contributed by atoms with Crippen molar-refractivity contribution in [3.05, 3.63) is 40.7 Å². The molecular formula is C15H17ClN4O. The van der Waals surface area contributed by atoms with Crippen molar-refractivity contribution in [3.63, 3.8) is 0 Å². The van der Waals surface area contributed by atoms with E-state index >= 15 is 0 Å². The third-order valence-electron chi connectivity index (χ3n) is 3.52. The molecular weight excluding hydrogens is 288 g/mol. The highest BCUT2D eigenvalue weighted by Gasteiger charge is 2.19. The van der Waals surface area contributed by atoms with Crippen LogP contribution in [-0.4, -0.2) is 15.7 Å². The minimum absolute atomic E-state index is 0.0132. The van der Waals surface area contributed by atoms with E-state index in [0.29, 0.717) is 18.0 Å². The van der Waals surface area contributed by atoms with E-state index in [0.717, 1.165) is 35.6 Å². The maximum Gasteiger partial charge on any atom is 0.228 e. The standard InChI is InChI=1S/C15H17ClN4O/c1-2-5-20-11(3-4-18-20)9-17-14-6-10-7-15(21)19-13(10)8-12(14)16/h3-4,6,8,17H,2,5,7,9H2,1H3,(H,19,21). The van der Waals surface area contributed by atoms with E-state index in [9.17, 15) is 4.79 Å². The Morgan fingerprint density at radius 3 is 3.14 bits per heavy atom. The summed E-state index contributed by atoms with van der Waals surface area (Å²) in [5, 5.41) is 11.0. The molecule has 0 bridgehead atoms. The first-order valence-electron chi connectivity index (χ1n) is 7.04. The van der Waals surface area contributed by atoms with Crippen molar-refractivity contribution in [3.8, 4) is 0 Å². The molecule has 2 aromatic rings. The van der Waals surface area contributed by atoms with Crippen LogP contribution in [0, 0.1) is 0 Å². The predicted molar refractivity (Wildman–Crippen MR) is 83.6 cm³/mol. The molecule has 0 radical (unpaired) electrons. The monoisotopic (exact) mass is 304 g/mol. The van der Waals surface area contributed by atoms with Gasteiger partial charge in [0.1, 0.15) is 0 Å². The van der Waals surface area contributed by atoms with Crippen LogP contribution >= 0.6 is 11.6 Å². The summed E-state index contributed by atoms with van der Waals surface area (Å²) >= 11 is 6.26. The Hall–Kier alpha value is -2.01. The third-order valence-corrected chi connectivity index (χ3v) is 3.83. The van der Waals surface area contributed by atoms with E-state index in [1.165, 1.54) is 0 Å². The lowest BCUT2D eigenvalue weighted by atomic mass is 10.1.